The zero-order valence-electron chi connectivity index (χ0n) is 18.4. The van der Waals surface area contributed by atoms with Gasteiger partial charge in [0.05, 0.1) is 12.2 Å². The van der Waals surface area contributed by atoms with Gasteiger partial charge in [0.1, 0.15) is 5.75 Å². The summed E-state index contributed by atoms with van der Waals surface area (Å²) in [5.74, 6) is -1.59. The number of ether oxygens (including phenoxy) is 2. The van der Waals surface area contributed by atoms with E-state index >= 15 is 0 Å². The van der Waals surface area contributed by atoms with Gasteiger partial charge in [0.15, 0.2) is 5.82 Å². The van der Waals surface area contributed by atoms with E-state index in [4.69, 9.17) is 4.74 Å². The molecule has 36 heavy (non-hydrogen) atoms. The van der Waals surface area contributed by atoms with Crippen molar-refractivity contribution < 1.29 is 45.4 Å². The van der Waals surface area contributed by atoms with E-state index in [1.165, 1.54) is 35.0 Å². The fourth-order valence-corrected chi connectivity index (χ4v) is 2.97. The van der Waals surface area contributed by atoms with Crippen molar-refractivity contribution in [3.8, 4) is 5.75 Å². The van der Waals surface area contributed by atoms with E-state index in [9.17, 15) is 35.9 Å². The molecule has 0 atom stereocenters. The number of nitrogens with one attached hydrogen (secondary N) is 2. The van der Waals surface area contributed by atoms with Gasteiger partial charge in [-0.1, -0.05) is 12.1 Å². The van der Waals surface area contributed by atoms with Gasteiger partial charge >= 0.3 is 24.5 Å². The zero-order chi connectivity index (χ0) is 26.5. The van der Waals surface area contributed by atoms with E-state index in [1.807, 2.05) is 0 Å². The Balaban J connectivity index is 1.72. The number of carbonyl (C=O) groups is 2. The van der Waals surface area contributed by atoms with Crippen molar-refractivity contribution >= 4 is 23.5 Å². The molecule has 2 amide bonds. The number of benzene rings is 2. The van der Waals surface area contributed by atoms with Gasteiger partial charge in [0, 0.05) is 18.4 Å². The van der Waals surface area contributed by atoms with Crippen molar-refractivity contribution in [1.29, 1.82) is 0 Å². The number of urea groups is 1. The highest BCUT2D eigenvalue weighted by molar-refractivity contribution is 5.99. The Bertz CT molecular complexity index is 1210. The predicted octanol–water partition coefficient (Wildman–Crippen LogP) is 5.67. The van der Waals surface area contributed by atoms with Gasteiger partial charge in [-0.2, -0.15) is 13.2 Å². The SMILES string of the molecule is CCOC(=O)c1nc(NC(=O)Nc2ccc(OC(F)(F)F)cc2)cn1Cc1ccc(C(F)(F)F)cc1. The van der Waals surface area contributed by atoms with E-state index in [-0.39, 0.29) is 30.5 Å². The van der Waals surface area contributed by atoms with Crippen molar-refractivity contribution in [3.05, 3.63) is 71.7 Å². The summed E-state index contributed by atoms with van der Waals surface area (Å²) >= 11 is 0. The Morgan fingerprint density at radius 2 is 1.58 bits per heavy atom. The first-order chi connectivity index (χ1) is 16.8. The highest BCUT2D eigenvalue weighted by atomic mass is 19.4. The topological polar surface area (TPSA) is 94.5 Å². The number of hydrogen-bond acceptors (Lipinski definition) is 5. The molecule has 1 aromatic heterocycles. The Morgan fingerprint density at radius 3 is 2.14 bits per heavy atom. The molecule has 1 heterocycles. The molecule has 0 spiro atoms. The van der Waals surface area contributed by atoms with E-state index in [2.05, 4.69) is 20.4 Å². The fourth-order valence-electron chi connectivity index (χ4n) is 2.97. The first-order valence-corrected chi connectivity index (χ1v) is 10.2. The quantitative estimate of drug-likeness (QED) is 0.312. The summed E-state index contributed by atoms with van der Waals surface area (Å²) in [6, 6.07) is 7.80. The molecule has 8 nitrogen and oxygen atoms in total. The molecule has 0 fully saturated rings. The highest BCUT2D eigenvalue weighted by Crippen LogP contribution is 2.29. The lowest BCUT2D eigenvalue weighted by Crippen LogP contribution is -2.20. The number of amides is 2. The Morgan fingerprint density at radius 1 is 0.944 bits per heavy atom. The second-order valence-corrected chi connectivity index (χ2v) is 7.14. The van der Waals surface area contributed by atoms with Crippen LogP contribution >= 0.6 is 0 Å². The molecular formula is C22H18F6N4O4. The normalized spacial score (nSPS) is 11.6. The summed E-state index contributed by atoms with van der Waals surface area (Å²) in [6.45, 7) is 1.55. The second-order valence-electron chi connectivity index (χ2n) is 7.14. The van der Waals surface area contributed by atoms with Crippen LogP contribution in [0.5, 0.6) is 5.75 Å². The number of aromatic nitrogens is 2. The lowest BCUT2D eigenvalue weighted by molar-refractivity contribution is -0.274. The summed E-state index contributed by atoms with van der Waals surface area (Å²) in [5.41, 5.74) is -0.278. The molecule has 0 aliphatic heterocycles. The van der Waals surface area contributed by atoms with Gasteiger partial charge in [-0.25, -0.2) is 14.6 Å². The van der Waals surface area contributed by atoms with E-state index in [1.54, 1.807) is 6.92 Å². The molecule has 0 radical (unpaired) electrons. The van der Waals surface area contributed by atoms with Gasteiger partial charge in [0.25, 0.3) is 0 Å². The van der Waals surface area contributed by atoms with Crippen molar-refractivity contribution in [2.45, 2.75) is 26.0 Å². The van der Waals surface area contributed by atoms with Crippen LogP contribution in [-0.4, -0.2) is 34.5 Å². The Labute approximate surface area is 199 Å². The average Bonchev–Trinajstić information content (AvgIpc) is 3.16. The molecule has 0 aliphatic carbocycles. The van der Waals surface area contributed by atoms with Gasteiger partial charge in [-0.05, 0) is 48.9 Å². The van der Waals surface area contributed by atoms with Crippen LogP contribution in [0.25, 0.3) is 0 Å². The highest BCUT2D eigenvalue weighted by Gasteiger charge is 2.31. The third-order valence-corrected chi connectivity index (χ3v) is 4.46. The number of hydrogen-bond donors (Lipinski definition) is 2. The molecule has 14 heteroatoms. The minimum absolute atomic E-state index is 0.0310. The van der Waals surface area contributed by atoms with E-state index in [0.29, 0.717) is 5.56 Å². The van der Waals surface area contributed by atoms with Gasteiger partial charge in [-0.15, -0.1) is 13.2 Å². The summed E-state index contributed by atoms with van der Waals surface area (Å²) < 4.78 is 85.1. The standard InChI is InChI=1S/C22H18F6N4O4/c1-2-35-19(33)18-30-17(12-32(18)11-13-3-5-14(6-4-13)21(23,24)25)31-20(34)29-15-7-9-16(10-8-15)36-22(26,27)28/h3-10,12H,2,11H2,1H3,(H2,29,31,34). The molecule has 3 rings (SSSR count). The monoisotopic (exact) mass is 516 g/mol. The molecule has 2 N–H and O–H groups in total. The average molecular weight is 516 g/mol. The lowest BCUT2D eigenvalue weighted by Gasteiger charge is -2.10. The van der Waals surface area contributed by atoms with Crippen LogP contribution in [0.15, 0.2) is 54.7 Å². The van der Waals surface area contributed by atoms with E-state index in [0.717, 1.165) is 24.3 Å². The number of alkyl halides is 6. The zero-order valence-corrected chi connectivity index (χ0v) is 18.4. The fraction of sp³-hybridized carbons (Fsp3) is 0.227. The number of anilines is 2. The van der Waals surface area contributed by atoms with Crippen LogP contribution in [0.4, 0.5) is 42.6 Å². The number of rotatable bonds is 7. The van der Waals surface area contributed by atoms with Crippen LogP contribution < -0.4 is 15.4 Å². The van der Waals surface area contributed by atoms with Gasteiger partial charge in [0.2, 0.25) is 5.82 Å². The maximum atomic E-state index is 12.8. The van der Waals surface area contributed by atoms with Crippen LogP contribution in [0.1, 0.15) is 28.7 Å². The number of carbonyl (C=O) groups excluding carboxylic acids is 2. The predicted molar refractivity (Wildman–Crippen MR) is 114 cm³/mol. The van der Waals surface area contributed by atoms with Gasteiger partial charge in [-0.3, -0.25) is 5.32 Å². The third-order valence-electron chi connectivity index (χ3n) is 4.46. The van der Waals surface area contributed by atoms with Crippen LogP contribution in [-0.2, 0) is 17.5 Å². The van der Waals surface area contributed by atoms with Gasteiger partial charge < -0.3 is 19.4 Å². The first-order valence-electron chi connectivity index (χ1n) is 10.2. The largest absolute Gasteiger partial charge is 0.573 e. The molecule has 0 unspecified atom stereocenters. The Hall–Kier alpha value is -4.23. The summed E-state index contributed by atoms with van der Waals surface area (Å²) in [5, 5.41) is 4.74. The van der Waals surface area contributed by atoms with E-state index < -0.39 is 35.9 Å². The first kappa shape index (κ1) is 26.4. The minimum Gasteiger partial charge on any atom is -0.460 e. The second kappa shape index (κ2) is 10.6. The molecule has 0 saturated heterocycles. The lowest BCUT2D eigenvalue weighted by atomic mass is 10.1. The molecule has 0 saturated carbocycles. The number of imidazole rings is 1. The number of halogens is 6. The molecule has 192 valence electrons. The van der Waals surface area contributed by atoms with Crippen molar-refractivity contribution in [3.63, 3.8) is 0 Å². The van der Waals surface area contributed by atoms with Crippen molar-refractivity contribution in [1.82, 2.24) is 9.55 Å². The maximum Gasteiger partial charge on any atom is 0.573 e. The molecule has 0 aliphatic rings. The molecular weight excluding hydrogens is 498 g/mol. The van der Waals surface area contributed by atoms with Crippen molar-refractivity contribution in [2.75, 3.05) is 17.2 Å². The molecule has 3 aromatic rings. The van der Waals surface area contributed by atoms with Crippen LogP contribution in [0.2, 0.25) is 0 Å². The maximum absolute atomic E-state index is 12.8. The minimum atomic E-state index is -4.86. The summed E-state index contributed by atoms with van der Waals surface area (Å²) in [6.07, 6.45) is -8.08. The summed E-state index contributed by atoms with van der Waals surface area (Å²) in [4.78, 5) is 28.6. The van der Waals surface area contributed by atoms with Crippen LogP contribution in [0.3, 0.4) is 0 Å². The number of esters is 1. The third kappa shape index (κ3) is 7.38. The van der Waals surface area contributed by atoms with Crippen molar-refractivity contribution in [2.24, 2.45) is 0 Å². The van der Waals surface area contributed by atoms with Crippen LogP contribution in [0, 0.1) is 0 Å². The number of nitrogens with zero attached hydrogens (tertiary/aromatic N) is 2. The Kier molecular flexibility index (Phi) is 7.75. The molecule has 2 aromatic carbocycles. The molecule has 0 bridgehead atoms. The smallest absolute Gasteiger partial charge is 0.460 e. The summed E-state index contributed by atoms with van der Waals surface area (Å²) in [7, 11) is 0.